The van der Waals surface area contributed by atoms with Crippen molar-refractivity contribution >= 4 is 26.8 Å². The van der Waals surface area contributed by atoms with E-state index in [4.69, 9.17) is 4.74 Å². The fraction of sp³-hybridized carbons (Fsp3) is 0. The van der Waals surface area contributed by atoms with Crippen LogP contribution >= 0.6 is 15.9 Å². The quantitative estimate of drug-likeness (QED) is 0.712. The lowest BCUT2D eigenvalue weighted by Gasteiger charge is -2.05. The van der Waals surface area contributed by atoms with Gasteiger partial charge in [-0.2, -0.15) is 0 Å². The van der Waals surface area contributed by atoms with E-state index in [1.54, 1.807) is 18.5 Å². The maximum atomic E-state index is 5.65. The van der Waals surface area contributed by atoms with E-state index in [2.05, 4.69) is 25.9 Å². The lowest BCUT2D eigenvalue weighted by Crippen LogP contribution is -1.88. The zero-order chi connectivity index (χ0) is 12.4. The molecule has 4 heteroatoms. The molecule has 0 fully saturated rings. The second kappa shape index (κ2) is 4.74. The zero-order valence-corrected chi connectivity index (χ0v) is 11.0. The molecule has 18 heavy (non-hydrogen) atoms. The van der Waals surface area contributed by atoms with Gasteiger partial charge in [0.05, 0.1) is 11.7 Å². The minimum atomic E-state index is 0.551. The first-order valence-electron chi connectivity index (χ1n) is 5.45. The summed E-state index contributed by atoms with van der Waals surface area (Å²) in [6, 6.07) is 13.6. The van der Waals surface area contributed by atoms with Crippen LogP contribution < -0.4 is 4.74 Å². The van der Waals surface area contributed by atoms with Crippen molar-refractivity contribution in [3.63, 3.8) is 0 Å². The Bertz CT molecular complexity index is 683. The minimum Gasteiger partial charge on any atom is -0.437 e. The van der Waals surface area contributed by atoms with Crippen LogP contribution in [0.3, 0.4) is 0 Å². The molecular weight excluding hydrogens is 292 g/mol. The van der Waals surface area contributed by atoms with Gasteiger partial charge >= 0.3 is 0 Å². The van der Waals surface area contributed by atoms with Gasteiger partial charge in [-0.15, -0.1) is 0 Å². The van der Waals surface area contributed by atoms with Crippen molar-refractivity contribution in [2.45, 2.75) is 0 Å². The van der Waals surface area contributed by atoms with Crippen LogP contribution in [-0.4, -0.2) is 9.97 Å². The monoisotopic (exact) mass is 300 g/mol. The smallest absolute Gasteiger partial charge is 0.219 e. The molecule has 3 rings (SSSR count). The lowest BCUT2D eigenvalue weighted by atomic mass is 10.2. The second-order valence-corrected chi connectivity index (χ2v) is 4.70. The van der Waals surface area contributed by atoms with Gasteiger partial charge in [-0.25, -0.2) is 4.98 Å². The van der Waals surface area contributed by atoms with Crippen LogP contribution in [0.4, 0.5) is 0 Å². The van der Waals surface area contributed by atoms with Gasteiger partial charge in [0.1, 0.15) is 5.75 Å². The Balaban J connectivity index is 1.92. The summed E-state index contributed by atoms with van der Waals surface area (Å²) in [5.41, 5.74) is 0.952. The Hall–Kier alpha value is -1.94. The molecule has 0 unspecified atom stereocenters. The molecule has 3 nitrogen and oxygen atoms in total. The molecule has 0 saturated heterocycles. The summed E-state index contributed by atoms with van der Waals surface area (Å²) < 4.78 is 6.57. The third-order valence-corrected chi connectivity index (χ3v) is 2.96. The van der Waals surface area contributed by atoms with E-state index in [1.807, 2.05) is 36.4 Å². The molecule has 0 aliphatic carbocycles. The molecule has 0 aliphatic rings. The second-order valence-electron chi connectivity index (χ2n) is 3.78. The van der Waals surface area contributed by atoms with E-state index in [9.17, 15) is 0 Å². The van der Waals surface area contributed by atoms with Gasteiger partial charge in [-0.05, 0) is 34.1 Å². The van der Waals surface area contributed by atoms with Crippen molar-refractivity contribution < 1.29 is 4.74 Å². The molecule has 88 valence electrons. The molecule has 1 aromatic carbocycles. The SMILES string of the molecule is Brc1ccc(Oc2cnc3ccccc3c2)nc1. The molecule has 0 spiro atoms. The number of benzene rings is 1. The molecule has 0 radical (unpaired) electrons. The first-order chi connectivity index (χ1) is 8.81. The Morgan fingerprint density at radius 3 is 2.67 bits per heavy atom. The predicted molar refractivity (Wildman–Crippen MR) is 73.8 cm³/mol. The van der Waals surface area contributed by atoms with E-state index < -0.39 is 0 Å². The first kappa shape index (κ1) is 11.2. The van der Waals surface area contributed by atoms with Crippen molar-refractivity contribution in [1.29, 1.82) is 0 Å². The van der Waals surface area contributed by atoms with Gasteiger partial charge in [0.25, 0.3) is 0 Å². The average molecular weight is 301 g/mol. The predicted octanol–water partition coefficient (Wildman–Crippen LogP) is 4.18. The van der Waals surface area contributed by atoms with Crippen LogP contribution in [-0.2, 0) is 0 Å². The van der Waals surface area contributed by atoms with Crippen LogP contribution in [0.5, 0.6) is 11.6 Å². The summed E-state index contributed by atoms with van der Waals surface area (Å²) in [6.45, 7) is 0. The minimum absolute atomic E-state index is 0.551. The van der Waals surface area contributed by atoms with Crippen molar-refractivity contribution in [1.82, 2.24) is 9.97 Å². The topological polar surface area (TPSA) is 35.0 Å². The summed E-state index contributed by atoms with van der Waals surface area (Å²) in [7, 11) is 0. The maximum Gasteiger partial charge on any atom is 0.219 e. The Kier molecular flexibility index (Phi) is 2.94. The summed E-state index contributed by atoms with van der Waals surface area (Å²) in [5, 5.41) is 1.05. The van der Waals surface area contributed by atoms with Crippen LogP contribution in [0.1, 0.15) is 0 Å². The molecule has 2 heterocycles. The molecule has 0 atom stereocenters. The van der Waals surface area contributed by atoms with Crippen molar-refractivity contribution in [2.75, 3.05) is 0 Å². The average Bonchev–Trinajstić information content (AvgIpc) is 2.41. The maximum absolute atomic E-state index is 5.65. The standard InChI is InChI=1S/C14H9BrN2O/c15-11-5-6-14(17-8-11)18-12-7-10-3-1-2-4-13(10)16-9-12/h1-9H. The van der Waals surface area contributed by atoms with Gasteiger partial charge in [-0.3, -0.25) is 4.98 Å². The number of para-hydroxylation sites is 1. The molecule has 0 N–H and O–H groups in total. The van der Waals surface area contributed by atoms with E-state index in [0.29, 0.717) is 11.6 Å². The number of pyridine rings is 2. The largest absolute Gasteiger partial charge is 0.437 e. The van der Waals surface area contributed by atoms with Gasteiger partial charge in [-0.1, -0.05) is 18.2 Å². The number of hydrogen-bond donors (Lipinski definition) is 0. The summed E-state index contributed by atoms with van der Waals surface area (Å²) in [6.07, 6.45) is 3.40. The number of hydrogen-bond acceptors (Lipinski definition) is 3. The molecule has 2 aromatic heterocycles. The fourth-order valence-electron chi connectivity index (χ4n) is 1.65. The van der Waals surface area contributed by atoms with Crippen molar-refractivity contribution in [3.05, 3.63) is 59.3 Å². The molecule has 0 saturated carbocycles. The molecule has 0 aliphatic heterocycles. The number of ether oxygens (including phenoxy) is 1. The lowest BCUT2D eigenvalue weighted by molar-refractivity contribution is 0.461. The molecular formula is C14H9BrN2O. The Morgan fingerprint density at radius 2 is 1.83 bits per heavy atom. The number of nitrogens with zero attached hydrogens (tertiary/aromatic N) is 2. The fourth-order valence-corrected chi connectivity index (χ4v) is 1.88. The van der Waals surface area contributed by atoms with E-state index in [-0.39, 0.29) is 0 Å². The van der Waals surface area contributed by atoms with E-state index in [0.717, 1.165) is 15.4 Å². The Labute approximate surface area is 113 Å². The van der Waals surface area contributed by atoms with Crippen LogP contribution in [0.25, 0.3) is 10.9 Å². The Morgan fingerprint density at radius 1 is 0.944 bits per heavy atom. The summed E-state index contributed by atoms with van der Waals surface area (Å²) >= 11 is 3.33. The highest BCUT2D eigenvalue weighted by Gasteiger charge is 2.01. The number of fused-ring (bicyclic) bond motifs is 1. The highest BCUT2D eigenvalue weighted by Crippen LogP contribution is 2.23. The van der Waals surface area contributed by atoms with E-state index >= 15 is 0 Å². The van der Waals surface area contributed by atoms with Crippen molar-refractivity contribution in [2.24, 2.45) is 0 Å². The van der Waals surface area contributed by atoms with Gasteiger partial charge in [0.15, 0.2) is 0 Å². The number of rotatable bonds is 2. The van der Waals surface area contributed by atoms with Crippen LogP contribution in [0, 0.1) is 0 Å². The number of halogens is 1. The van der Waals surface area contributed by atoms with Crippen LogP contribution in [0.2, 0.25) is 0 Å². The third kappa shape index (κ3) is 2.33. The van der Waals surface area contributed by atoms with Gasteiger partial charge in [0.2, 0.25) is 5.88 Å². The van der Waals surface area contributed by atoms with Gasteiger partial charge < -0.3 is 4.74 Å². The van der Waals surface area contributed by atoms with Gasteiger partial charge in [0, 0.05) is 22.1 Å². The highest BCUT2D eigenvalue weighted by molar-refractivity contribution is 9.10. The van der Waals surface area contributed by atoms with Crippen molar-refractivity contribution in [3.8, 4) is 11.6 Å². The zero-order valence-electron chi connectivity index (χ0n) is 9.38. The normalized spacial score (nSPS) is 10.5. The first-order valence-corrected chi connectivity index (χ1v) is 6.25. The van der Waals surface area contributed by atoms with Crippen LogP contribution in [0.15, 0.2) is 59.3 Å². The number of aromatic nitrogens is 2. The summed E-state index contributed by atoms with van der Waals surface area (Å²) in [4.78, 5) is 8.49. The molecule has 3 aromatic rings. The molecule has 0 amide bonds. The third-order valence-electron chi connectivity index (χ3n) is 2.49. The van der Waals surface area contributed by atoms with E-state index in [1.165, 1.54) is 0 Å². The molecule has 0 bridgehead atoms. The highest BCUT2D eigenvalue weighted by atomic mass is 79.9. The summed E-state index contributed by atoms with van der Waals surface area (Å²) in [5.74, 6) is 1.24.